The predicted molar refractivity (Wildman–Crippen MR) is 81.0 cm³/mol. The van der Waals surface area contributed by atoms with Crippen molar-refractivity contribution in [2.75, 3.05) is 12.4 Å². The lowest BCUT2D eigenvalue weighted by atomic mass is 9.98. The van der Waals surface area contributed by atoms with Crippen molar-refractivity contribution < 1.29 is 14.3 Å². The van der Waals surface area contributed by atoms with E-state index in [0.29, 0.717) is 6.42 Å². The van der Waals surface area contributed by atoms with Gasteiger partial charge in [0.05, 0.1) is 7.11 Å². The Bertz CT molecular complexity index is 505. The van der Waals surface area contributed by atoms with Crippen molar-refractivity contribution in [2.45, 2.75) is 38.8 Å². The fraction of sp³-hybridized carbons (Fsp3) is 0.500. The monoisotopic (exact) mass is 290 g/mol. The summed E-state index contributed by atoms with van der Waals surface area (Å²) in [6.07, 6.45) is 1.43. The lowest BCUT2D eigenvalue weighted by Gasteiger charge is -2.23. The van der Waals surface area contributed by atoms with E-state index in [1.807, 2.05) is 38.1 Å². The van der Waals surface area contributed by atoms with Crippen LogP contribution in [0.2, 0.25) is 0 Å². The zero-order chi connectivity index (χ0) is 15.4. The molecular weight excluding hydrogens is 268 g/mol. The molecule has 0 saturated heterocycles. The van der Waals surface area contributed by atoms with Gasteiger partial charge >= 0.3 is 5.97 Å². The van der Waals surface area contributed by atoms with Crippen molar-refractivity contribution in [3.8, 4) is 0 Å². The Hall–Kier alpha value is -2.04. The van der Waals surface area contributed by atoms with E-state index >= 15 is 0 Å². The molecule has 1 aliphatic heterocycles. The largest absolute Gasteiger partial charge is 0.467 e. The number of para-hydroxylation sites is 1. The number of anilines is 1. The number of carbonyl (C=O) groups is 2. The molecule has 0 fully saturated rings. The summed E-state index contributed by atoms with van der Waals surface area (Å²) in [4.78, 5) is 24.2. The molecule has 1 heterocycles. The van der Waals surface area contributed by atoms with Gasteiger partial charge in [0.25, 0.3) is 0 Å². The first-order valence-corrected chi connectivity index (χ1v) is 7.29. The zero-order valence-corrected chi connectivity index (χ0v) is 12.7. The summed E-state index contributed by atoms with van der Waals surface area (Å²) < 4.78 is 4.79. The third-order valence-electron chi connectivity index (χ3n) is 4.05. The molecule has 2 N–H and O–H groups in total. The summed E-state index contributed by atoms with van der Waals surface area (Å²) in [7, 11) is 1.34. The van der Waals surface area contributed by atoms with Crippen LogP contribution in [0.5, 0.6) is 0 Å². The number of esters is 1. The Morgan fingerprint density at radius 3 is 2.76 bits per heavy atom. The third kappa shape index (κ3) is 3.35. The molecule has 21 heavy (non-hydrogen) atoms. The lowest BCUT2D eigenvalue weighted by molar-refractivity contribution is -0.146. The highest BCUT2D eigenvalue weighted by Gasteiger charge is 2.32. The van der Waals surface area contributed by atoms with E-state index in [9.17, 15) is 9.59 Å². The van der Waals surface area contributed by atoms with Crippen LogP contribution in [0.1, 0.15) is 25.8 Å². The molecular formula is C16H22N2O3. The van der Waals surface area contributed by atoms with Crippen molar-refractivity contribution >= 4 is 17.6 Å². The lowest BCUT2D eigenvalue weighted by Crippen LogP contribution is -2.50. The van der Waals surface area contributed by atoms with Gasteiger partial charge in [0.2, 0.25) is 5.91 Å². The van der Waals surface area contributed by atoms with E-state index in [2.05, 4.69) is 10.6 Å². The van der Waals surface area contributed by atoms with E-state index in [-0.39, 0.29) is 17.9 Å². The molecule has 0 saturated carbocycles. The summed E-state index contributed by atoms with van der Waals surface area (Å²) in [5.74, 6) is -0.528. The van der Waals surface area contributed by atoms with Gasteiger partial charge in [-0.15, -0.1) is 0 Å². The highest BCUT2D eigenvalue weighted by atomic mass is 16.5. The summed E-state index contributed by atoms with van der Waals surface area (Å²) in [5, 5.41) is 6.01. The van der Waals surface area contributed by atoms with Gasteiger partial charge in [-0.05, 0) is 17.5 Å². The second-order valence-corrected chi connectivity index (χ2v) is 5.45. The quantitative estimate of drug-likeness (QED) is 0.810. The molecule has 1 amide bonds. The Morgan fingerprint density at radius 2 is 2.14 bits per heavy atom. The maximum Gasteiger partial charge on any atom is 0.328 e. The Labute approximate surface area is 125 Å². The van der Waals surface area contributed by atoms with Gasteiger partial charge in [-0.2, -0.15) is 0 Å². The van der Waals surface area contributed by atoms with Gasteiger partial charge < -0.3 is 15.4 Å². The number of rotatable bonds is 5. The van der Waals surface area contributed by atoms with Crippen LogP contribution in [0, 0.1) is 5.92 Å². The average Bonchev–Trinajstić information content (AvgIpc) is 2.95. The van der Waals surface area contributed by atoms with Crippen LogP contribution in [-0.4, -0.2) is 31.1 Å². The smallest absolute Gasteiger partial charge is 0.328 e. The summed E-state index contributed by atoms with van der Waals surface area (Å²) in [6.45, 7) is 3.91. The standard InChI is InChI=1S/C16H22N2O3/c1-4-10(2)14(16(20)21-3)18-15(19)13-9-11-7-5-6-8-12(11)17-13/h5-8,10,13-14,17H,4,9H2,1-3H3,(H,18,19). The molecule has 5 nitrogen and oxygen atoms in total. The molecule has 5 heteroatoms. The van der Waals surface area contributed by atoms with Crippen molar-refractivity contribution in [2.24, 2.45) is 5.92 Å². The van der Waals surface area contributed by atoms with Crippen molar-refractivity contribution in [3.63, 3.8) is 0 Å². The number of methoxy groups -OCH3 is 1. The highest BCUT2D eigenvalue weighted by molar-refractivity contribution is 5.91. The molecule has 0 radical (unpaired) electrons. The number of nitrogens with one attached hydrogen (secondary N) is 2. The predicted octanol–water partition coefficient (Wildman–Crippen LogP) is 1.73. The first-order chi connectivity index (χ1) is 10.1. The molecule has 3 unspecified atom stereocenters. The van der Waals surface area contributed by atoms with E-state index in [0.717, 1.165) is 17.7 Å². The summed E-state index contributed by atoms with van der Waals surface area (Å²) >= 11 is 0. The van der Waals surface area contributed by atoms with Gasteiger partial charge in [-0.1, -0.05) is 38.5 Å². The minimum Gasteiger partial charge on any atom is -0.467 e. The fourth-order valence-corrected chi connectivity index (χ4v) is 2.51. The van der Waals surface area contributed by atoms with Crippen molar-refractivity contribution in [1.82, 2.24) is 5.32 Å². The topological polar surface area (TPSA) is 67.4 Å². The summed E-state index contributed by atoms with van der Waals surface area (Å²) in [5.41, 5.74) is 2.10. The van der Waals surface area contributed by atoms with Crippen molar-refractivity contribution in [3.05, 3.63) is 29.8 Å². The molecule has 114 valence electrons. The first kappa shape index (κ1) is 15.4. The van der Waals surface area contributed by atoms with E-state index in [4.69, 9.17) is 4.74 Å². The average molecular weight is 290 g/mol. The van der Waals surface area contributed by atoms with Crippen LogP contribution in [0.3, 0.4) is 0 Å². The van der Waals surface area contributed by atoms with Gasteiger partial charge in [0.1, 0.15) is 12.1 Å². The Balaban J connectivity index is 2.02. The van der Waals surface area contributed by atoms with Crippen LogP contribution in [-0.2, 0) is 20.7 Å². The van der Waals surface area contributed by atoms with Gasteiger partial charge in [0.15, 0.2) is 0 Å². The third-order valence-corrected chi connectivity index (χ3v) is 4.05. The Kier molecular flexibility index (Phi) is 4.83. The minimum atomic E-state index is -0.599. The second-order valence-electron chi connectivity index (χ2n) is 5.45. The molecule has 0 spiro atoms. The molecule has 0 aliphatic carbocycles. The van der Waals surface area contributed by atoms with Gasteiger partial charge in [-0.3, -0.25) is 4.79 Å². The molecule has 1 aromatic carbocycles. The first-order valence-electron chi connectivity index (χ1n) is 7.29. The minimum absolute atomic E-state index is 0.0326. The fourth-order valence-electron chi connectivity index (χ4n) is 2.51. The van der Waals surface area contributed by atoms with Gasteiger partial charge in [-0.25, -0.2) is 4.79 Å². The number of carbonyl (C=O) groups excluding carboxylic acids is 2. The van der Waals surface area contributed by atoms with E-state index in [1.165, 1.54) is 7.11 Å². The molecule has 2 rings (SSSR count). The van der Waals surface area contributed by atoms with Crippen LogP contribution in [0.15, 0.2) is 24.3 Å². The maximum absolute atomic E-state index is 12.4. The SMILES string of the molecule is CCC(C)C(NC(=O)C1Cc2ccccc2N1)C(=O)OC. The summed E-state index contributed by atoms with van der Waals surface area (Å²) in [6, 6.07) is 6.91. The number of amides is 1. The zero-order valence-electron chi connectivity index (χ0n) is 12.7. The van der Waals surface area contributed by atoms with Crippen LogP contribution in [0.25, 0.3) is 0 Å². The number of fused-ring (bicyclic) bond motifs is 1. The highest BCUT2D eigenvalue weighted by Crippen LogP contribution is 2.25. The normalized spacial score (nSPS) is 19.1. The number of ether oxygens (including phenoxy) is 1. The number of hydrogen-bond donors (Lipinski definition) is 2. The Morgan fingerprint density at radius 1 is 1.43 bits per heavy atom. The molecule has 1 aromatic rings. The van der Waals surface area contributed by atoms with Gasteiger partial charge in [0, 0.05) is 12.1 Å². The van der Waals surface area contributed by atoms with E-state index in [1.54, 1.807) is 0 Å². The van der Waals surface area contributed by atoms with E-state index < -0.39 is 12.0 Å². The molecule has 0 aromatic heterocycles. The second kappa shape index (κ2) is 6.61. The number of hydrogen-bond acceptors (Lipinski definition) is 4. The molecule has 0 bridgehead atoms. The maximum atomic E-state index is 12.4. The molecule has 3 atom stereocenters. The van der Waals surface area contributed by atoms with Crippen molar-refractivity contribution in [1.29, 1.82) is 0 Å². The number of benzene rings is 1. The van der Waals surface area contributed by atoms with Crippen LogP contribution in [0.4, 0.5) is 5.69 Å². The van der Waals surface area contributed by atoms with Crippen LogP contribution < -0.4 is 10.6 Å². The molecule has 1 aliphatic rings. The van der Waals surface area contributed by atoms with Crippen LogP contribution >= 0.6 is 0 Å².